The molecular formula is C16H24FN. The molecule has 1 fully saturated rings. The van der Waals surface area contributed by atoms with Crippen molar-refractivity contribution in [3.8, 4) is 0 Å². The molecule has 1 aliphatic carbocycles. The Morgan fingerprint density at radius 3 is 2.50 bits per heavy atom. The van der Waals surface area contributed by atoms with Crippen LogP contribution in [-0.4, -0.2) is 5.54 Å². The summed E-state index contributed by atoms with van der Waals surface area (Å²) in [5.41, 5.74) is 7.33. The molecule has 0 bridgehead atoms. The molecule has 0 aliphatic heterocycles. The summed E-state index contributed by atoms with van der Waals surface area (Å²) in [6.45, 7) is 2.13. The van der Waals surface area contributed by atoms with Crippen molar-refractivity contribution in [3.05, 3.63) is 35.6 Å². The molecule has 0 spiro atoms. The third kappa shape index (κ3) is 3.55. The van der Waals surface area contributed by atoms with Gasteiger partial charge in [-0.1, -0.05) is 37.8 Å². The van der Waals surface area contributed by atoms with Crippen LogP contribution in [-0.2, 0) is 6.42 Å². The molecule has 2 rings (SSSR count). The van der Waals surface area contributed by atoms with Crippen LogP contribution < -0.4 is 5.73 Å². The maximum Gasteiger partial charge on any atom is 0.123 e. The normalized spacial score (nSPS) is 21.3. The van der Waals surface area contributed by atoms with Crippen molar-refractivity contribution in [2.24, 2.45) is 11.7 Å². The van der Waals surface area contributed by atoms with Crippen LogP contribution >= 0.6 is 0 Å². The van der Waals surface area contributed by atoms with Crippen LogP contribution in [0.1, 0.15) is 51.0 Å². The number of hydrogen-bond acceptors (Lipinski definition) is 1. The monoisotopic (exact) mass is 249 g/mol. The minimum Gasteiger partial charge on any atom is -0.325 e. The van der Waals surface area contributed by atoms with Crippen LogP contribution in [0.25, 0.3) is 0 Å². The molecule has 18 heavy (non-hydrogen) atoms. The molecule has 100 valence electrons. The Kier molecular flexibility index (Phi) is 4.39. The third-order valence-electron chi connectivity index (χ3n) is 4.26. The molecule has 1 saturated carbocycles. The predicted molar refractivity (Wildman–Crippen MR) is 73.9 cm³/mol. The summed E-state index contributed by atoms with van der Waals surface area (Å²) in [5.74, 6) is 0.410. The van der Waals surface area contributed by atoms with Crippen molar-refractivity contribution >= 4 is 0 Å². The van der Waals surface area contributed by atoms with Crippen molar-refractivity contribution in [1.82, 2.24) is 0 Å². The Balaban J connectivity index is 2.05. The van der Waals surface area contributed by atoms with Gasteiger partial charge < -0.3 is 5.73 Å². The second-order valence-corrected chi connectivity index (χ2v) is 6.00. The summed E-state index contributed by atoms with van der Waals surface area (Å²) in [6, 6.07) is 6.85. The van der Waals surface area contributed by atoms with Crippen LogP contribution in [0, 0.1) is 11.7 Å². The van der Waals surface area contributed by atoms with E-state index in [0.29, 0.717) is 5.92 Å². The maximum atomic E-state index is 13.2. The fourth-order valence-corrected chi connectivity index (χ4v) is 3.17. The quantitative estimate of drug-likeness (QED) is 0.803. The summed E-state index contributed by atoms with van der Waals surface area (Å²) in [4.78, 5) is 0. The van der Waals surface area contributed by atoms with Crippen molar-refractivity contribution in [1.29, 1.82) is 0 Å². The Labute approximate surface area is 110 Å². The zero-order valence-corrected chi connectivity index (χ0v) is 11.3. The van der Waals surface area contributed by atoms with Crippen molar-refractivity contribution in [2.45, 2.75) is 57.4 Å². The molecular weight excluding hydrogens is 225 g/mol. The first kappa shape index (κ1) is 13.5. The number of hydrogen-bond donors (Lipinski definition) is 1. The fraction of sp³-hybridized carbons (Fsp3) is 0.625. The smallest absolute Gasteiger partial charge is 0.123 e. The lowest BCUT2D eigenvalue weighted by molar-refractivity contribution is 0.262. The van der Waals surface area contributed by atoms with Crippen LogP contribution in [0.4, 0.5) is 4.39 Å². The van der Waals surface area contributed by atoms with Gasteiger partial charge in [-0.2, -0.15) is 0 Å². The molecule has 1 unspecified atom stereocenters. The lowest BCUT2D eigenvalue weighted by Crippen LogP contribution is -2.46. The zero-order chi connectivity index (χ0) is 13.0. The van der Waals surface area contributed by atoms with Gasteiger partial charge in [0.05, 0.1) is 0 Å². The van der Waals surface area contributed by atoms with E-state index in [9.17, 15) is 4.39 Å². The Hall–Kier alpha value is -0.890. The van der Waals surface area contributed by atoms with Crippen molar-refractivity contribution in [3.63, 3.8) is 0 Å². The highest BCUT2D eigenvalue weighted by molar-refractivity contribution is 5.19. The summed E-state index contributed by atoms with van der Waals surface area (Å²) in [5, 5.41) is 0. The van der Waals surface area contributed by atoms with Gasteiger partial charge in [-0.25, -0.2) is 4.39 Å². The zero-order valence-electron chi connectivity index (χ0n) is 11.3. The number of halogens is 1. The molecule has 1 nitrogen and oxygen atoms in total. The van der Waals surface area contributed by atoms with Gasteiger partial charge in [0.25, 0.3) is 0 Å². The predicted octanol–water partition coefficient (Wildman–Crippen LogP) is 4.06. The molecule has 0 aromatic heterocycles. The number of rotatable bonds is 3. The van der Waals surface area contributed by atoms with Gasteiger partial charge in [-0.15, -0.1) is 0 Å². The summed E-state index contributed by atoms with van der Waals surface area (Å²) in [7, 11) is 0. The highest BCUT2D eigenvalue weighted by atomic mass is 19.1. The van der Waals surface area contributed by atoms with Crippen LogP contribution in [0.5, 0.6) is 0 Å². The molecule has 1 aliphatic rings. The van der Waals surface area contributed by atoms with Gasteiger partial charge in [-0.3, -0.25) is 0 Å². The molecule has 0 heterocycles. The highest BCUT2D eigenvalue weighted by Gasteiger charge is 2.30. The minimum absolute atomic E-state index is 0.163. The van der Waals surface area contributed by atoms with Crippen LogP contribution in [0.2, 0.25) is 0 Å². The molecule has 0 radical (unpaired) electrons. The van der Waals surface area contributed by atoms with E-state index in [2.05, 4.69) is 6.92 Å². The van der Waals surface area contributed by atoms with Gasteiger partial charge in [0.15, 0.2) is 0 Å². The fourth-order valence-electron chi connectivity index (χ4n) is 3.17. The second kappa shape index (κ2) is 5.83. The summed E-state index contributed by atoms with van der Waals surface area (Å²) >= 11 is 0. The third-order valence-corrected chi connectivity index (χ3v) is 4.26. The first-order valence-corrected chi connectivity index (χ1v) is 7.11. The summed E-state index contributed by atoms with van der Waals surface area (Å²) < 4.78 is 13.2. The van der Waals surface area contributed by atoms with Gasteiger partial charge >= 0.3 is 0 Å². The largest absolute Gasteiger partial charge is 0.325 e. The first-order chi connectivity index (χ1) is 8.58. The van der Waals surface area contributed by atoms with Crippen LogP contribution in [0.3, 0.4) is 0 Å². The molecule has 0 amide bonds. The maximum absolute atomic E-state index is 13.2. The van der Waals surface area contributed by atoms with Crippen molar-refractivity contribution in [2.75, 3.05) is 0 Å². The lowest BCUT2D eigenvalue weighted by atomic mass is 9.77. The van der Waals surface area contributed by atoms with E-state index in [4.69, 9.17) is 5.73 Å². The van der Waals surface area contributed by atoms with E-state index in [-0.39, 0.29) is 11.4 Å². The molecule has 2 N–H and O–H groups in total. The van der Waals surface area contributed by atoms with E-state index in [1.165, 1.54) is 44.6 Å². The molecule has 1 aromatic carbocycles. The van der Waals surface area contributed by atoms with E-state index in [0.717, 1.165) is 12.0 Å². The van der Waals surface area contributed by atoms with Gasteiger partial charge in [-0.05, 0) is 49.8 Å². The Morgan fingerprint density at radius 1 is 1.22 bits per heavy atom. The van der Waals surface area contributed by atoms with E-state index in [1.54, 1.807) is 12.1 Å². The van der Waals surface area contributed by atoms with Gasteiger partial charge in [0.2, 0.25) is 0 Å². The molecule has 1 aromatic rings. The van der Waals surface area contributed by atoms with Gasteiger partial charge in [0, 0.05) is 5.54 Å². The molecule has 0 saturated heterocycles. The van der Waals surface area contributed by atoms with E-state index >= 15 is 0 Å². The average Bonchev–Trinajstić information content (AvgIpc) is 2.57. The lowest BCUT2D eigenvalue weighted by Gasteiger charge is -2.34. The van der Waals surface area contributed by atoms with E-state index < -0.39 is 0 Å². The highest BCUT2D eigenvalue weighted by Crippen LogP contribution is 2.32. The SMILES string of the molecule is CC(N)(Cc1cccc(F)c1)C1CCCCCC1. The van der Waals surface area contributed by atoms with E-state index in [1.807, 2.05) is 6.07 Å². The number of benzene rings is 1. The second-order valence-electron chi connectivity index (χ2n) is 6.00. The summed E-state index contributed by atoms with van der Waals surface area (Å²) in [6.07, 6.45) is 8.49. The minimum atomic E-state index is -0.210. The van der Waals surface area contributed by atoms with Crippen LogP contribution in [0.15, 0.2) is 24.3 Å². The number of nitrogens with two attached hydrogens (primary N) is 1. The first-order valence-electron chi connectivity index (χ1n) is 7.11. The standard InChI is InChI=1S/C16H24FN/c1-16(18,14-8-4-2-3-5-9-14)12-13-7-6-10-15(17)11-13/h6-7,10-11,14H,2-5,8-9,12,18H2,1H3. The molecule has 2 heteroatoms. The molecule has 1 atom stereocenters. The Bertz CT molecular complexity index is 378. The van der Waals surface area contributed by atoms with Gasteiger partial charge in [0.1, 0.15) is 5.82 Å². The Morgan fingerprint density at radius 2 is 1.89 bits per heavy atom. The topological polar surface area (TPSA) is 26.0 Å². The average molecular weight is 249 g/mol. The van der Waals surface area contributed by atoms with Crippen molar-refractivity contribution < 1.29 is 4.39 Å².